The smallest absolute Gasteiger partial charge is 0.243 e. The molecule has 1 aliphatic rings. The van der Waals surface area contributed by atoms with Crippen molar-refractivity contribution >= 4 is 26.0 Å². The Kier molecular flexibility index (Phi) is 4.05. The van der Waals surface area contributed by atoms with Crippen molar-refractivity contribution in [2.24, 2.45) is 5.92 Å². The van der Waals surface area contributed by atoms with Crippen molar-refractivity contribution in [3.8, 4) is 0 Å². The van der Waals surface area contributed by atoms with Crippen molar-refractivity contribution in [1.82, 2.24) is 4.72 Å². The van der Waals surface area contributed by atoms with Crippen molar-refractivity contribution in [3.05, 3.63) is 28.5 Å². The molecule has 2 rings (SSSR count). The number of halogens is 2. The standard InChI is InChI=1S/C11H13BrFNO3S/c12-8-1-2-11(10(13)5-8)18(16,17)14-6-7-3-9(15)4-7/h1-2,5,7,9,14-15H,3-4,6H2. The summed E-state index contributed by atoms with van der Waals surface area (Å²) in [5.41, 5.74) is 0. The van der Waals surface area contributed by atoms with Crippen LogP contribution in [0.25, 0.3) is 0 Å². The Morgan fingerprint density at radius 3 is 2.67 bits per heavy atom. The lowest BCUT2D eigenvalue weighted by atomic mass is 9.83. The molecule has 0 aromatic heterocycles. The molecule has 1 aromatic carbocycles. The zero-order valence-electron chi connectivity index (χ0n) is 9.44. The van der Waals surface area contributed by atoms with E-state index < -0.39 is 15.8 Å². The molecule has 18 heavy (non-hydrogen) atoms. The summed E-state index contributed by atoms with van der Waals surface area (Å²) < 4.78 is 40.1. The second-order valence-electron chi connectivity index (χ2n) is 4.42. The third-order valence-electron chi connectivity index (χ3n) is 2.96. The van der Waals surface area contributed by atoms with Gasteiger partial charge in [0.1, 0.15) is 10.7 Å². The summed E-state index contributed by atoms with van der Waals surface area (Å²) in [5.74, 6) is -0.654. The minimum absolute atomic E-state index is 0.133. The molecule has 1 aliphatic carbocycles. The molecular formula is C11H13BrFNO3S. The molecule has 0 atom stereocenters. The van der Waals surface area contributed by atoms with Gasteiger partial charge in [-0.15, -0.1) is 0 Å². The molecule has 0 radical (unpaired) electrons. The lowest BCUT2D eigenvalue weighted by Gasteiger charge is -2.31. The van der Waals surface area contributed by atoms with Crippen LogP contribution < -0.4 is 4.72 Å². The van der Waals surface area contributed by atoms with Crippen LogP contribution in [0, 0.1) is 11.7 Å². The van der Waals surface area contributed by atoms with Gasteiger partial charge in [0.15, 0.2) is 0 Å². The van der Waals surface area contributed by atoms with Crippen LogP contribution >= 0.6 is 15.9 Å². The number of benzene rings is 1. The highest BCUT2D eigenvalue weighted by Gasteiger charge is 2.29. The average Bonchev–Trinajstić information content (AvgIpc) is 2.22. The van der Waals surface area contributed by atoms with Crippen molar-refractivity contribution in [2.75, 3.05) is 6.54 Å². The van der Waals surface area contributed by atoms with E-state index in [0.29, 0.717) is 17.3 Å². The van der Waals surface area contributed by atoms with Gasteiger partial charge in [-0.3, -0.25) is 0 Å². The zero-order chi connectivity index (χ0) is 13.3. The summed E-state index contributed by atoms with van der Waals surface area (Å²) in [5, 5.41) is 9.10. The van der Waals surface area contributed by atoms with Gasteiger partial charge in [-0.2, -0.15) is 0 Å². The van der Waals surface area contributed by atoms with E-state index in [1.54, 1.807) is 0 Å². The monoisotopic (exact) mass is 337 g/mol. The van der Waals surface area contributed by atoms with Crippen LogP contribution in [0.4, 0.5) is 4.39 Å². The van der Waals surface area contributed by atoms with Crippen LogP contribution in [0.15, 0.2) is 27.6 Å². The van der Waals surface area contributed by atoms with E-state index in [1.807, 2.05) is 0 Å². The highest BCUT2D eigenvalue weighted by atomic mass is 79.9. The zero-order valence-corrected chi connectivity index (χ0v) is 11.8. The quantitative estimate of drug-likeness (QED) is 0.877. The molecule has 7 heteroatoms. The third-order valence-corrected chi connectivity index (χ3v) is 4.91. The van der Waals surface area contributed by atoms with Crippen LogP contribution in [0.2, 0.25) is 0 Å². The fraction of sp³-hybridized carbons (Fsp3) is 0.455. The Balaban J connectivity index is 2.06. The average molecular weight is 338 g/mol. The van der Waals surface area contributed by atoms with Crippen molar-refractivity contribution in [1.29, 1.82) is 0 Å². The van der Waals surface area contributed by atoms with E-state index in [2.05, 4.69) is 20.7 Å². The predicted molar refractivity (Wildman–Crippen MR) is 68.0 cm³/mol. The number of nitrogens with one attached hydrogen (secondary N) is 1. The Bertz CT molecular complexity index is 543. The SMILES string of the molecule is O=S(=O)(NCC1CC(O)C1)c1ccc(Br)cc1F. The van der Waals surface area contributed by atoms with E-state index in [1.165, 1.54) is 12.1 Å². The summed E-state index contributed by atoms with van der Waals surface area (Å²) in [6, 6.07) is 3.81. The number of rotatable bonds is 4. The lowest BCUT2D eigenvalue weighted by molar-refractivity contribution is 0.0453. The summed E-state index contributed by atoms with van der Waals surface area (Å²) >= 11 is 3.07. The van der Waals surface area contributed by atoms with Gasteiger partial charge < -0.3 is 5.11 Å². The first-order valence-corrected chi connectivity index (χ1v) is 7.79. The van der Waals surface area contributed by atoms with E-state index in [0.717, 1.165) is 6.07 Å². The van der Waals surface area contributed by atoms with Crippen molar-refractivity contribution in [2.45, 2.75) is 23.8 Å². The van der Waals surface area contributed by atoms with Gasteiger partial charge in [0.2, 0.25) is 10.0 Å². The molecule has 4 nitrogen and oxygen atoms in total. The van der Waals surface area contributed by atoms with E-state index >= 15 is 0 Å². The highest BCUT2D eigenvalue weighted by Crippen LogP contribution is 2.27. The van der Waals surface area contributed by atoms with Crippen LogP contribution in [0.3, 0.4) is 0 Å². The fourth-order valence-corrected chi connectivity index (χ4v) is 3.37. The van der Waals surface area contributed by atoms with Crippen molar-refractivity contribution in [3.63, 3.8) is 0 Å². The summed E-state index contributed by atoms with van der Waals surface area (Å²) in [7, 11) is -3.82. The first-order chi connectivity index (χ1) is 8.38. The van der Waals surface area contributed by atoms with Gasteiger partial charge in [0.25, 0.3) is 0 Å². The van der Waals surface area contributed by atoms with Crippen molar-refractivity contribution < 1.29 is 17.9 Å². The molecular weight excluding hydrogens is 325 g/mol. The maximum atomic E-state index is 13.5. The first kappa shape index (κ1) is 13.9. The molecule has 0 bridgehead atoms. The second kappa shape index (κ2) is 5.24. The molecule has 2 N–H and O–H groups in total. The Hall–Kier alpha value is -0.500. The molecule has 0 unspecified atom stereocenters. The number of aliphatic hydroxyl groups excluding tert-OH is 1. The molecule has 0 saturated heterocycles. The maximum absolute atomic E-state index is 13.5. The van der Waals surface area contributed by atoms with Gasteiger partial charge in [0, 0.05) is 11.0 Å². The van der Waals surface area contributed by atoms with Crippen LogP contribution in [-0.4, -0.2) is 26.2 Å². The fourth-order valence-electron chi connectivity index (χ4n) is 1.87. The van der Waals surface area contributed by atoms with Gasteiger partial charge in [0.05, 0.1) is 6.10 Å². The Morgan fingerprint density at radius 1 is 1.44 bits per heavy atom. The number of hydrogen-bond donors (Lipinski definition) is 2. The predicted octanol–water partition coefficient (Wildman–Crippen LogP) is 1.64. The van der Waals surface area contributed by atoms with Gasteiger partial charge in [-0.25, -0.2) is 17.5 Å². The summed E-state index contributed by atoms with van der Waals surface area (Å²) in [6.45, 7) is 0.231. The third kappa shape index (κ3) is 3.09. The van der Waals surface area contributed by atoms with Gasteiger partial charge >= 0.3 is 0 Å². The molecule has 100 valence electrons. The Morgan fingerprint density at radius 2 is 2.11 bits per heavy atom. The van der Waals surface area contributed by atoms with E-state index in [9.17, 15) is 12.8 Å². The maximum Gasteiger partial charge on any atom is 0.243 e. The number of aliphatic hydroxyl groups is 1. The molecule has 0 amide bonds. The highest BCUT2D eigenvalue weighted by molar-refractivity contribution is 9.10. The molecule has 0 spiro atoms. The second-order valence-corrected chi connectivity index (χ2v) is 7.07. The topological polar surface area (TPSA) is 66.4 Å². The van der Waals surface area contributed by atoms with Gasteiger partial charge in [-0.05, 0) is 37.0 Å². The molecule has 1 aromatic rings. The summed E-state index contributed by atoms with van der Waals surface area (Å²) in [4.78, 5) is -0.356. The molecule has 0 heterocycles. The lowest BCUT2D eigenvalue weighted by Crippen LogP contribution is -2.38. The Labute approximate surface area is 113 Å². The van der Waals surface area contributed by atoms with E-state index in [-0.39, 0.29) is 23.5 Å². The minimum Gasteiger partial charge on any atom is -0.393 e. The minimum atomic E-state index is -3.82. The number of hydrogen-bond acceptors (Lipinski definition) is 3. The molecule has 0 aliphatic heterocycles. The largest absolute Gasteiger partial charge is 0.393 e. The number of sulfonamides is 1. The first-order valence-electron chi connectivity index (χ1n) is 5.51. The van der Waals surface area contributed by atoms with Crippen LogP contribution in [0.1, 0.15) is 12.8 Å². The van der Waals surface area contributed by atoms with Crippen LogP contribution in [-0.2, 0) is 10.0 Å². The summed E-state index contributed by atoms with van der Waals surface area (Å²) in [6.07, 6.45) is 0.848. The van der Waals surface area contributed by atoms with E-state index in [4.69, 9.17) is 5.11 Å². The van der Waals surface area contributed by atoms with Gasteiger partial charge in [-0.1, -0.05) is 15.9 Å². The molecule has 1 saturated carbocycles. The normalized spacial score (nSPS) is 23.7. The molecule has 1 fully saturated rings. The van der Waals surface area contributed by atoms with Crippen LogP contribution in [0.5, 0.6) is 0 Å².